The van der Waals surface area contributed by atoms with Gasteiger partial charge < -0.3 is 5.32 Å². The molecule has 20 heavy (non-hydrogen) atoms. The van der Waals surface area contributed by atoms with Gasteiger partial charge in [-0.05, 0) is 37.0 Å². The van der Waals surface area contributed by atoms with E-state index in [2.05, 4.69) is 18.3 Å². The number of hydrogen-bond donors (Lipinski definition) is 1. The van der Waals surface area contributed by atoms with Gasteiger partial charge in [-0.25, -0.2) is 0 Å². The molecule has 0 heterocycles. The zero-order chi connectivity index (χ0) is 14.8. The van der Waals surface area contributed by atoms with Gasteiger partial charge in [-0.15, -0.1) is 0 Å². The van der Waals surface area contributed by atoms with Gasteiger partial charge in [0.2, 0.25) is 5.91 Å². The van der Waals surface area contributed by atoms with Crippen molar-refractivity contribution in [3.8, 4) is 0 Å². The summed E-state index contributed by atoms with van der Waals surface area (Å²) < 4.78 is 0. The van der Waals surface area contributed by atoms with E-state index in [9.17, 15) is 4.79 Å². The van der Waals surface area contributed by atoms with Crippen molar-refractivity contribution in [1.82, 2.24) is 5.32 Å². The fraction of sp³-hybridized carbons (Fsp3) is 0.562. The summed E-state index contributed by atoms with van der Waals surface area (Å²) in [6.45, 7) is 3.74. The minimum Gasteiger partial charge on any atom is -0.353 e. The number of amides is 1. The highest BCUT2D eigenvalue weighted by molar-refractivity contribution is 6.42. The predicted octanol–water partition coefficient (Wildman–Crippen LogP) is 4.72. The van der Waals surface area contributed by atoms with E-state index >= 15 is 0 Å². The van der Waals surface area contributed by atoms with Crippen LogP contribution in [0.1, 0.15) is 51.5 Å². The van der Waals surface area contributed by atoms with Crippen LogP contribution in [0.2, 0.25) is 10.0 Å². The lowest BCUT2D eigenvalue weighted by molar-refractivity contribution is -0.120. The van der Waals surface area contributed by atoms with Crippen LogP contribution in [0.3, 0.4) is 0 Å². The molecule has 0 radical (unpaired) electrons. The highest BCUT2D eigenvalue weighted by atomic mass is 35.5. The minimum absolute atomic E-state index is 0.0237. The van der Waals surface area contributed by atoms with Crippen molar-refractivity contribution in [3.63, 3.8) is 0 Å². The maximum atomic E-state index is 11.5. The first kappa shape index (κ1) is 15.7. The molecule has 2 rings (SSSR count). The molecule has 1 aliphatic rings. The number of hydrogen-bond acceptors (Lipinski definition) is 1. The van der Waals surface area contributed by atoms with Crippen LogP contribution in [0.5, 0.6) is 0 Å². The van der Waals surface area contributed by atoms with E-state index < -0.39 is 0 Å². The summed E-state index contributed by atoms with van der Waals surface area (Å²) in [6, 6.07) is 6.05. The van der Waals surface area contributed by atoms with Gasteiger partial charge in [-0.1, -0.05) is 49.0 Å². The van der Waals surface area contributed by atoms with Crippen molar-refractivity contribution in [2.45, 2.75) is 57.4 Å². The van der Waals surface area contributed by atoms with Crippen LogP contribution in [0, 0.1) is 0 Å². The molecule has 1 aromatic rings. The maximum absolute atomic E-state index is 11.5. The first-order chi connectivity index (χ1) is 9.49. The van der Waals surface area contributed by atoms with Crippen molar-refractivity contribution >= 4 is 29.1 Å². The normalized spacial score (nSPS) is 18.2. The molecule has 0 bridgehead atoms. The average Bonchev–Trinajstić information content (AvgIpc) is 2.32. The standard InChI is InChI=1S/C16H21Cl2NO/c1-3-5-15(19-11(2)20)16(8-4-9-16)12-6-7-13(17)14(18)10-12/h6-7,10,15H,3-5,8-9H2,1-2H3,(H,19,20). The van der Waals surface area contributed by atoms with Crippen molar-refractivity contribution < 1.29 is 4.79 Å². The Morgan fingerprint density at radius 2 is 2.05 bits per heavy atom. The first-order valence-corrected chi connectivity index (χ1v) is 7.98. The van der Waals surface area contributed by atoms with Crippen molar-refractivity contribution in [1.29, 1.82) is 0 Å². The molecule has 110 valence electrons. The van der Waals surface area contributed by atoms with Crippen LogP contribution < -0.4 is 5.32 Å². The summed E-state index contributed by atoms with van der Waals surface area (Å²) in [5.74, 6) is 0.0368. The second kappa shape index (κ2) is 6.36. The quantitative estimate of drug-likeness (QED) is 0.837. The van der Waals surface area contributed by atoms with Crippen LogP contribution in [-0.4, -0.2) is 11.9 Å². The largest absolute Gasteiger partial charge is 0.353 e. The summed E-state index contributed by atoms with van der Waals surface area (Å²) in [5.41, 5.74) is 1.22. The number of nitrogens with one attached hydrogen (secondary N) is 1. The van der Waals surface area contributed by atoms with E-state index in [0.29, 0.717) is 10.0 Å². The highest BCUT2D eigenvalue weighted by Gasteiger charge is 2.45. The van der Waals surface area contributed by atoms with Gasteiger partial charge in [-0.2, -0.15) is 0 Å². The Hall–Kier alpha value is -0.730. The molecule has 1 amide bonds. The Bertz CT molecular complexity index is 497. The zero-order valence-electron chi connectivity index (χ0n) is 12.0. The summed E-state index contributed by atoms with van der Waals surface area (Å²) in [7, 11) is 0. The van der Waals surface area contributed by atoms with Crippen LogP contribution in [0.15, 0.2) is 18.2 Å². The van der Waals surface area contributed by atoms with Crippen molar-refractivity contribution in [3.05, 3.63) is 33.8 Å². The lowest BCUT2D eigenvalue weighted by Crippen LogP contribution is -2.54. The summed E-state index contributed by atoms with van der Waals surface area (Å²) in [5, 5.41) is 4.31. The molecule has 1 saturated carbocycles. The van der Waals surface area contributed by atoms with Crippen LogP contribution in [0.4, 0.5) is 0 Å². The van der Waals surface area contributed by atoms with Gasteiger partial charge >= 0.3 is 0 Å². The van der Waals surface area contributed by atoms with E-state index in [1.165, 1.54) is 12.0 Å². The molecule has 1 aliphatic carbocycles. The fourth-order valence-corrected chi connectivity index (χ4v) is 3.52. The highest BCUT2D eigenvalue weighted by Crippen LogP contribution is 2.48. The van der Waals surface area contributed by atoms with Gasteiger partial charge in [0.1, 0.15) is 0 Å². The van der Waals surface area contributed by atoms with E-state index in [1.807, 2.05) is 12.1 Å². The van der Waals surface area contributed by atoms with E-state index in [0.717, 1.165) is 25.7 Å². The third-order valence-corrected chi connectivity index (χ3v) is 5.10. The summed E-state index contributed by atoms with van der Waals surface area (Å²) in [6.07, 6.45) is 5.42. The number of carbonyl (C=O) groups is 1. The Kier molecular flexibility index (Phi) is 4.98. The molecule has 0 saturated heterocycles. The summed E-state index contributed by atoms with van der Waals surface area (Å²) >= 11 is 12.2. The molecule has 1 aromatic carbocycles. The average molecular weight is 314 g/mol. The third kappa shape index (κ3) is 2.96. The number of halogens is 2. The maximum Gasteiger partial charge on any atom is 0.217 e. The predicted molar refractivity (Wildman–Crippen MR) is 84.5 cm³/mol. The second-order valence-corrected chi connectivity index (χ2v) is 6.49. The zero-order valence-corrected chi connectivity index (χ0v) is 13.5. The molecule has 0 aliphatic heterocycles. The van der Waals surface area contributed by atoms with Crippen LogP contribution >= 0.6 is 23.2 Å². The number of rotatable bonds is 5. The van der Waals surface area contributed by atoms with Gasteiger partial charge in [0.15, 0.2) is 0 Å². The Balaban J connectivity index is 2.35. The molecule has 2 nitrogen and oxygen atoms in total. The lowest BCUT2D eigenvalue weighted by Gasteiger charge is -2.48. The van der Waals surface area contributed by atoms with Gasteiger partial charge in [0, 0.05) is 18.4 Å². The smallest absolute Gasteiger partial charge is 0.217 e. The van der Waals surface area contributed by atoms with E-state index in [4.69, 9.17) is 23.2 Å². The van der Waals surface area contributed by atoms with E-state index in [-0.39, 0.29) is 17.4 Å². The molecular weight excluding hydrogens is 293 g/mol. The lowest BCUT2D eigenvalue weighted by atomic mass is 9.59. The van der Waals surface area contributed by atoms with Crippen LogP contribution in [0.25, 0.3) is 0 Å². The first-order valence-electron chi connectivity index (χ1n) is 7.22. The van der Waals surface area contributed by atoms with Gasteiger partial charge in [-0.3, -0.25) is 4.79 Å². The molecule has 1 unspecified atom stereocenters. The summed E-state index contributed by atoms with van der Waals surface area (Å²) in [4.78, 5) is 11.5. The Morgan fingerprint density at radius 1 is 1.35 bits per heavy atom. The monoisotopic (exact) mass is 313 g/mol. The van der Waals surface area contributed by atoms with Gasteiger partial charge in [0.05, 0.1) is 10.0 Å². The fourth-order valence-electron chi connectivity index (χ4n) is 3.22. The Morgan fingerprint density at radius 3 is 2.50 bits per heavy atom. The third-order valence-electron chi connectivity index (χ3n) is 4.36. The van der Waals surface area contributed by atoms with E-state index in [1.54, 1.807) is 6.92 Å². The Labute approximate surface area is 130 Å². The topological polar surface area (TPSA) is 29.1 Å². The molecule has 1 N–H and O–H groups in total. The van der Waals surface area contributed by atoms with Crippen molar-refractivity contribution in [2.75, 3.05) is 0 Å². The van der Waals surface area contributed by atoms with Crippen LogP contribution in [-0.2, 0) is 10.2 Å². The second-order valence-electron chi connectivity index (χ2n) is 5.68. The molecule has 4 heteroatoms. The molecule has 1 atom stereocenters. The molecular formula is C16H21Cl2NO. The van der Waals surface area contributed by atoms with Crippen molar-refractivity contribution in [2.24, 2.45) is 0 Å². The SMILES string of the molecule is CCCC(NC(C)=O)C1(c2ccc(Cl)c(Cl)c2)CCC1. The minimum atomic E-state index is 0.0237. The number of benzene rings is 1. The molecule has 0 spiro atoms. The molecule has 1 fully saturated rings. The van der Waals surface area contributed by atoms with Gasteiger partial charge in [0.25, 0.3) is 0 Å². The molecule has 0 aromatic heterocycles. The number of carbonyl (C=O) groups excluding carboxylic acids is 1.